The van der Waals surface area contributed by atoms with Gasteiger partial charge in [0.2, 0.25) is 10.0 Å². The molecular weight excluding hydrogens is 342 g/mol. The van der Waals surface area contributed by atoms with Crippen LogP contribution in [0.4, 0.5) is 5.69 Å². The van der Waals surface area contributed by atoms with Crippen molar-refractivity contribution in [3.63, 3.8) is 0 Å². The van der Waals surface area contributed by atoms with Crippen molar-refractivity contribution < 1.29 is 8.42 Å². The van der Waals surface area contributed by atoms with Crippen LogP contribution in [0, 0.1) is 0 Å². The van der Waals surface area contributed by atoms with Gasteiger partial charge in [0.15, 0.2) is 0 Å². The number of benzene rings is 1. The molecule has 1 aromatic rings. The topological polar surface area (TPSA) is 66.6 Å². The predicted molar refractivity (Wildman–Crippen MR) is 84.0 cm³/mol. The van der Waals surface area contributed by atoms with Gasteiger partial charge in [0.25, 0.3) is 0 Å². The van der Waals surface area contributed by atoms with Crippen molar-refractivity contribution in [2.75, 3.05) is 32.9 Å². The van der Waals surface area contributed by atoms with E-state index >= 15 is 0 Å². The van der Waals surface area contributed by atoms with E-state index < -0.39 is 10.0 Å². The van der Waals surface area contributed by atoms with E-state index in [0.717, 1.165) is 25.9 Å². The Balaban J connectivity index is 2.26. The minimum atomic E-state index is -3.48. The minimum Gasteiger partial charge on any atom is -0.398 e. The molecule has 0 radical (unpaired) electrons. The third-order valence-corrected chi connectivity index (χ3v) is 6.36. The zero-order chi connectivity index (χ0) is 14.9. The molecule has 0 aromatic heterocycles. The van der Waals surface area contributed by atoms with Gasteiger partial charge in [-0.2, -0.15) is 4.31 Å². The summed E-state index contributed by atoms with van der Waals surface area (Å²) in [5, 5.41) is 0. The molecule has 0 bridgehead atoms. The molecule has 1 fully saturated rings. The molecule has 0 aliphatic carbocycles. The number of piperidine rings is 1. The lowest BCUT2D eigenvalue weighted by Crippen LogP contribution is -2.47. The number of halogens is 1. The van der Waals surface area contributed by atoms with Crippen molar-refractivity contribution in [2.24, 2.45) is 0 Å². The van der Waals surface area contributed by atoms with Crippen molar-refractivity contribution in [1.82, 2.24) is 9.21 Å². The summed E-state index contributed by atoms with van der Waals surface area (Å²) in [6.45, 7) is 1.80. The molecule has 20 heavy (non-hydrogen) atoms. The van der Waals surface area contributed by atoms with Crippen LogP contribution in [-0.4, -0.2) is 50.8 Å². The molecule has 112 valence electrons. The summed E-state index contributed by atoms with van der Waals surface area (Å²) in [4.78, 5) is 2.44. The van der Waals surface area contributed by atoms with Crippen molar-refractivity contribution in [3.8, 4) is 0 Å². The Morgan fingerprint density at radius 1 is 1.45 bits per heavy atom. The highest BCUT2D eigenvalue weighted by Gasteiger charge is 2.30. The summed E-state index contributed by atoms with van der Waals surface area (Å²) in [5.41, 5.74) is 6.24. The highest BCUT2D eigenvalue weighted by atomic mass is 79.9. The fraction of sp³-hybridized carbons (Fsp3) is 0.538. The van der Waals surface area contributed by atoms with Crippen LogP contribution >= 0.6 is 15.9 Å². The fourth-order valence-electron chi connectivity index (χ4n) is 2.47. The number of hydrogen-bond donors (Lipinski definition) is 1. The highest BCUT2D eigenvalue weighted by molar-refractivity contribution is 9.10. The van der Waals surface area contributed by atoms with Crippen molar-refractivity contribution in [2.45, 2.75) is 23.8 Å². The molecule has 0 amide bonds. The maximum atomic E-state index is 12.6. The molecule has 0 saturated carbocycles. The number of hydrogen-bond acceptors (Lipinski definition) is 4. The summed E-state index contributed by atoms with van der Waals surface area (Å²) in [6.07, 6.45) is 1.92. The van der Waals surface area contributed by atoms with Gasteiger partial charge >= 0.3 is 0 Å². The molecule has 1 aliphatic rings. The van der Waals surface area contributed by atoms with Gasteiger partial charge in [0.05, 0.1) is 4.90 Å². The SMILES string of the molecule is CN1CCCC(N(C)S(=O)(=O)c2ccc(N)c(Br)c2)C1. The van der Waals surface area contributed by atoms with Crippen LogP contribution in [0.1, 0.15) is 12.8 Å². The van der Waals surface area contributed by atoms with Gasteiger partial charge in [-0.3, -0.25) is 0 Å². The first-order valence-corrected chi connectivity index (χ1v) is 8.77. The number of rotatable bonds is 3. The Kier molecular flexibility index (Phi) is 4.73. The van der Waals surface area contributed by atoms with Gasteiger partial charge in [0, 0.05) is 29.8 Å². The van der Waals surface area contributed by atoms with E-state index in [4.69, 9.17) is 5.73 Å². The first kappa shape index (κ1) is 15.8. The average molecular weight is 362 g/mol. The third kappa shape index (κ3) is 3.16. The molecule has 1 atom stereocenters. The van der Waals surface area contributed by atoms with Crippen LogP contribution in [0.5, 0.6) is 0 Å². The van der Waals surface area contributed by atoms with Crippen LogP contribution in [-0.2, 0) is 10.0 Å². The standard InChI is InChI=1S/C13H20BrN3O2S/c1-16-7-3-4-10(9-16)17(2)20(18,19)11-5-6-13(15)12(14)8-11/h5-6,8,10H,3-4,7,9,15H2,1-2H3. The molecule has 2 rings (SSSR count). The van der Waals surface area contributed by atoms with Crippen LogP contribution < -0.4 is 5.73 Å². The Morgan fingerprint density at radius 2 is 2.15 bits per heavy atom. The number of nitrogens with two attached hydrogens (primary N) is 1. The van der Waals surface area contributed by atoms with E-state index in [1.54, 1.807) is 25.2 Å². The molecule has 1 heterocycles. The third-order valence-electron chi connectivity index (χ3n) is 3.76. The first-order chi connectivity index (χ1) is 9.32. The number of anilines is 1. The van der Waals surface area contributed by atoms with Crippen LogP contribution in [0.3, 0.4) is 0 Å². The number of likely N-dealkylation sites (N-methyl/N-ethyl adjacent to an activating group) is 2. The van der Waals surface area contributed by atoms with Gasteiger partial charge in [-0.05, 0) is 60.6 Å². The quantitative estimate of drug-likeness (QED) is 0.832. The summed E-state index contributed by atoms with van der Waals surface area (Å²) in [7, 11) is 0.196. The molecule has 1 saturated heterocycles. The molecular formula is C13H20BrN3O2S. The second kappa shape index (κ2) is 6.01. The highest BCUT2D eigenvalue weighted by Crippen LogP contribution is 2.26. The van der Waals surface area contributed by atoms with Gasteiger partial charge in [-0.25, -0.2) is 8.42 Å². The van der Waals surface area contributed by atoms with Crippen LogP contribution in [0.25, 0.3) is 0 Å². The molecule has 1 aromatic carbocycles. The van der Waals surface area contributed by atoms with Gasteiger partial charge in [-0.1, -0.05) is 0 Å². The largest absolute Gasteiger partial charge is 0.398 e. The van der Waals surface area contributed by atoms with Gasteiger partial charge in [0.1, 0.15) is 0 Å². The second-order valence-corrected chi connectivity index (χ2v) is 8.11. The zero-order valence-electron chi connectivity index (χ0n) is 11.7. The molecule has 1 aliphatic heterocycles. The Hall–Kier alpha value is -0.630. The lowest BCUT2D eigenvalue weighted by Gasteiger charge is -2.35. The Morgan fingerprint density at radius 3 is 2.75 bits per heavy atom. The van der Waals surface area contributed by atoms with E-state index in [1.807, 2.05) is 7.05 Å². The normalized spacial score (nSPS) is 21.3. The molecule has 1 unspecified atom stereocenters. The van der Waals surface area contributed by atoms with E-state index in [0.29, 0.717) is 10.2 Å². The second-order valence-electron chi connectivity index (χ2n) is 5.26. The molecule has 0 spiro atoms. The predicted octanol–water partition coefficient (Wildman–Crippen LogP) is 1.75. The van der Waals surface area contributed by atoms with Crippen molar-refractivity contribution >= 4 is 31.6 Å². The number of sulfonamides is 1. The molecule has 5 nitrogen and oxygen atoms in total. The average Bonchev–Trinajstić information content (AvgIpc) is 2.40. The summed E-state index contributed by atoms with van der Waals surface area (Å²) < 4.78 is 27.4. The van der Waals surface area contributed by atoms with Crippen LogP contribution in [0.2, 0.25) is 0 Å². The first-order valence-electron chi connectivity index (χ1n) is 6.54. The van der Waals surface area contributed by atoms with Gasteiger partial charge < -0.3 is 10.6 Å². The van der Waals surface area contributed by atoms with E-state index in [9.17, 15) is 8.42 Å². The summed E-state index contributed by atoms with van der Waals surface area (Å²) in [6, 6.07) is 4.75. The van der Waals surface area contributed by atoms with Crippen molar-refractivity contribution in [3.05, 3.63) is 22.7 Å². The molecule has 7 heteroatoms. The van der Waals surface area contributed by atoms with E-state index in [1.165, 1.54) is 4.31 Å². The zero-order valence-corrected chi connectivity index (χ0v) is 14.1. The monoisotopic (exact) mass is 361 g/mol. The lowest BCUT2D eigenvalue weighted by atomic mass is 10.1. The maximum absolute atomic E-state index is 12.6. The van der Waals surface area contributed by atoms with E-state index in [2.05, 4.69) is 20.8 Å². The van der Waals surface area contributed by atoms with Crippen molar-refractivity contribution in [1.29, 1.82) is 0 Å². The smallest absolute Gasteiger partial charge is 0.243 e. The fourth-order valence-corrected chi connectivity index (χ4v) is 4.40. The maximum Gasteiger partial charge on any atom is 0.243 e. The number of likely N-dealkylation sites (tertiary alicyclic amines) is 1. The Bertz CT molecular complexity index is 591. The van der Waals surface area contributed by atoms with Crippen LogP contribution in [0.15, 0.2) is 27.6 Å². The van der Waals surface area contributed by atoms with Gasteiger partial charge in [-0.15, -0.1) is 0 Å². The summed E-state index contributed by atoms with van der Waals surface area (Å²) >= 11 is 3.28. The lowest BCUT2D eigenvalue weighted by molar-refractivity contribution is 0.187. The Labute approximate surface area is 128 Å². The number of nitrogen functional groups attached to an aromatic ring is 1. The van der Waals surface area contributed by atoms with E-state index in [-0.39, 0.29) is 10.9 Å². The minimum absolute atomic E-state index is 0.0232. The number of nitrogens with zero attached hydrogens (tertiary/aromatic N) is 2. The molecule has 2 N–H and O–H groups in total. The summed E-state index contributed by atoms with van der Waals surface area (Å²) in [5.74, 6) is 0.